The standard InChI is InChI=1S/C18H19N3O2/c1-13-4-6-14(7-5-13)10-20-18(23)15-9-17(22)21(12-15)16-3-2-8-19-11-16/h2-8,11,15H,9-10,12H2,1H3,(H,20,23). The lowest BCUT2D eigenvalue weighted by Crippen LogP contribution is -2.32. The molecule has 0 bridgehead atoms. The number of nitrogens with one attached hydrogen (secondary N) is 1. The van der Waals surface area contributed by atoms with E-state index in [-0.39, 0.29) is 24.2 Å². The summed E-state index contributed by atoms with van der Waals surface area (Å²) in [7, 11) is 0. The number of aryl methyl sites for hydroxylation is 1. The van der Waals surface area contributed by atoms with E-state index in [1.807, 2.05) is 37.3 Å². The van der Waals surface area contributed by atoms with Crippen molar-refractivity contribution >= 4 is 17.5 Å². The summed E-state index contributed by atoms with van der Waals surface area (Å²) in [4.78, 5) is 30.1. The Morgan fingerprint density at radius 1 is 1.30 bits per heavy atom. The fourth-order valence-electron chi connectivity index (χ4n) is 2.69. The molecule has 1 N–H and O–H groups in total. The molecule has 1 aliphatic heterocycles. The van der Waals surface area contributed by atoms with Gasteiger partial charge in [-0.2, -0.15) is 0 Å². The summed E-state index contributed by atoms with van der Waals surface area (Å²) in [6, 6.07) is 11.6. The SMILES string of the molecule is Cc1ccc(CNC(=O)C2CC(=O)N(c3cccnc3)C2)cc1. The predicted molar refractivity (Wildman–Crippen MR) is 87.7 cm³/mol. The number of nitrogens with zero attached hydrogens (tertiary/aromatic N) is 2. The Hall–Kier alpha value is -2.69. The third-order valence-electron chi connectivity index (χ3n) is 4.04. The molecular formula is C18H19N3O2. The molecule has 1 saturated heterocycles. The molecule has 1 unspecified atom stereocenters. The third kappa shape index (κ3) is 3.56. The maximum Gasteiger partial charge on any atom is 0.227 e. The highest BCUT2D eigenvalue weighted by Gasteiger charge is 2.35. The zero-order chi connectivity index (χ0) is 16.2. The fourth-order valence-corrected chi connectivity index (χ4v) is 2.69. The van der Waals surface area contributed by atoms with Crippen LogP contribution in [-0.2, 0) is 16.1 Å². The molecule has 3 rings (SSSR count). The van der Waals surface area contributed by atoms with E-state index in [4.69, 9.17) is 0 Å². The van der Waals surface area contributed by atoms with Gasteiger partial charge < -0.3 is 10.2 Å². The van der Waals surface area contributed by atoms with Crippen LogP contribution in [0.2, 0.25) is 0 Å². The number of anilines is 1. The van der Waals surface area contributed by atoms with Crippen LogP contribution < -0.4 is 10.2 Å². The molecule has 0 radical (unpaired) electrons. The van der Waals surface area contributed by atoms with Crippen LogP contribution >= 0.6 is 0 Å². The molecule has 23 heavy (non-hydrogen) atoms. The first kappa shape index (κ1) is 15.2. The van der Waals surface area contributed by atoms with Gasteiger partial charge in [0, 0.05) is 25.7 Å². The Balaban J connectivity index is 1.58. The van der Waals surface area contributed by atoms with Crippen LogP contribution in [0.4, 0.5) is 5.69 Å². The molecule has 1 fully saturated rings. The van der Waals surface area contributed by atoms with Gasteiger partial charge in [-0.15, -0.1) is 0 Å². The predicted octanol–water partition coefficient (Wildman–Crippen LogP) is 2.06. The molecule has 2 heterocycles. The van der Waals surface area contributed by atoms with Crippen LogP contribution in [0.5, 0.6) is 0 Å². The molecule has 118 valence electrons. The highest BCUT2D eigenvalue weighted by atomic mass is 16.2. The molecule has 0 saturated carbocycles. The Bertz CT molecular complexity index is 698. The summed E-state index contributed by atoms with van der Waals surface area (Å²) in [6.07, 6.45) is 3.55. The van der Waals surface area contributed by atoms with Gasteiger partial charge >= 0.3 is 0 Å². The number of pyridine rings is 1. The Kier molecular flexibility index (Phi) is 4.37. The quantitative estimate of drug-likeness (QED) is 0.940. The molecule has 1 aromatic heterocycles. The second-order valence-corrected chi connectivity index (χ2v) is 5.82. The molecule has 1 atom stereocenters. The normalized spacial score (nSPS) is 17.3. The van der Waals surface area contributed by atoms with E-state index in [1.165, 1.54) is 5.56 Å². The van der Waals surface area contributed by atoms with Crippen molar-refractivity contribution in [1.29, 1.82) is 0 Å². The monoisotopic (exact) mass is 309 g/mol. The van der Waals surface area contributed by atoms with Crippen LogP contribution in [-0.4, -0.2) is 23.3 Å². The summed E-state index contributed by atoms with van der Waals surface area (Å²) >= 11 is 0. The second kappa shape index (κ2) is 6.60. The Labute approximate surface area is 135 Å². The molecule has 2 amide bonds. The molecule has 1 aromatic carbocycles. The molecule has 2 aromatic rings. The Morgan fingerprint density at radius 3 is 2.78 bits per heavy atom. The van der Waals surface area contributed by atoms with Gasteiger partial charge in [0.05, 0.1) is 17.8 Å². The van der Waals surface area contributed by atoms with Gasteiger partial charge in [0.2, 0.25) is 11.8 Å². The van der Waals surface area contributed by atoms with Gasteiger partial charge in [-0.05, 0) is 24.6 Å². The summed E-state index contributed by atoms with van der Waals surface area (Å²) < 4.78 is 0. The average molecular weight is 309 g/mol. The molecular weight excluding hydrogens is 290 g/mol. The van der Waals surface area contributed by atoms with Crippen molar-refractivity contribution in [2.75, 3.05) is 11.4 Å². The lowest BCUT2D eigenvalue weighted by atomic mass is 10.1. The van der Waals surface area contributed by atoms with E-state index >= 15 is 0 Å². The minimum atomic E-state index is -0.312. The lowest BCUT2D eigenvalue weighted by Gasteiger charge is -2.16. The van der Waals surface area contributed by atoms with Gasteiger partial charge in [-0.25, -0.2) is 0 Å². The topological polar surface area (TPSA) is 62.3 Å². The molecule has 0 aliphatic carbocycles. The van der Waals surface area contributed by atoms with E-state index < -0.39 is 0 Å². The van der Waals surface area contributed by atoms with Gasteiger partial charge in [0.25, 0.3) is 0 Å². The van der Waals surface area contributed by atoms with E-state index in [0.717, 1.165) is 11.3 Å². The number of carbonyl (C=O) groups is 2. The first-order valence-electron chi connectivity index (χ1n) is 7.67. The van der Waals surface area contributed by atoms with Crippen molar-refractivity contribution < 1.29 is 9.59 Å². The second-order valence-electron chi connectivity index (χ2n) is 5.82. The van der Waals surface area contributed by atoms with E-state index in [1.54, 1.807) is 23.4 Å². The first-order valence-corrected chi connectivity index (χ1v) is 7.67. The maximum absolute atomic E-state index is 12.3. The van der Waals surface area contributed by atoms with Gasteiger partial charge in [0.1, 0.15) is 0 Å². The molecule has 5 nitrogen and oxygen atoms in total. The van der Waals surface area contributed by atoms with Crippen molar-refractivity contribution in [1.82, 2.24) is 10.3 Å². The number of hydrogen-bond donors (Lipinski definition) is 1. The molecule has 1 aliphatic rings. The van der Waals surface area contributed by atoms with E-state index in [2.05, 4.69) is 10.3 Å². The summed E-state index contributed by atoms with van der Waals surface area (Å²) in [6.45, 7) is 2.92. The highest BCUT2D eigenvalue weighted by molar-refractivity contribution is 6.00. The van der Waals surface area contributed by atoms with Gasteiger partial charge in [0.15, 0.2) is 0 Å². The zero-order valence-corrected chi connectivity index (χ0v) is 13.0. The number of benzene rings is 1. The van der Waals surface area contributed by atoms with Crippen LogP contribution in [0.1, 0.15) is 17.5 Å². The third-order valence-corrected chi connectivity index (χ3v) is 4.04. The Morgan fingerprint density at radius 2 is 2.09 bits per heavy atom. The van der Waals surface area contributed by atoms with Crippen LogP contribution in [0, 0.1) is 12.8 Å². The minimum Gasteiger partial charge on any atom is -0.352 e. The molecule has 0 spiro atoms. The van der Waals surface area contributed by atoms with E-state index in [9.17, 15) is 9.59 Å². The fraction of sp³-hybridized carbons (Fsp3) is 0.278. The average Bonchev–Trinajstić information content (AvgIpc) is 2.97. The van der Waals surface area contributed by atoms with Crippen LogP contribution in [0.25, 0.3) is 0 Å². The van der Waals surface area contributed by atoms with Crippen molar-refractivity contribution in [3.05, 3.63) is 59.9 Å². The largest absolute Gasteiger partial charge is 0.352 e. The molecule has 5 heteroatoms. The summed E-state index contributed by atoms with van der Waals surface area (Å²) in [5.41, 5.74) is 2.98. The summed E-state index contributed by atoms with van der Waals surface area (Å²) in [5, 5.41) is 2.92. The van der Waals surface area contributed by atoms with Crippen molar-refractivity contribution in [2.24, 2.45) is 5.92 Å². The van der Waals surface area contributed by atoms with Crippen LogP contribution in [0.3, 0.4) is 0 Å². The number of amides is 2. The number of hydrogen-bond acceptors (Lipinski definition) is 3. The minimum absolute atomic E-state index is 0.0338. The number of aromatic nitrogens is 1. The van der Waals surface area contributed by atoms with Crippen molar-refractivity contribution in [3.8, 4) is 0 Å². The van der Waals surface area contributed by atoms with Crippen LogP contribution in [0.15, 0.2) is 48.8 Å². The van der Waals surface area contributed by atoms with Crippen molar-refractivity contribution in [3.63, 3.8) is 0 Å². The van der Waals surface area contributed by atoms with Gasteiger partial charge in [-0.3, -0.25) is 14.6 Å². The zero-order valence-electron chi connectivity index (χ0n) is 13.0. The maximum atomic E-state index is 12.3. The van der Waals surface area contributed by atoms with Gasteiger partial charge in [-0.1, -0.05) is 29.8 Å². The number of rotatable bonds is 4. The number of carbonyl (C=O) groups excluding carboxylic acids is 2. The van der Waals surface area contributed by atoms with Crippen molar-refractivity contribution in [2.45, 2.75) is 19.9 Å². The highest BCUT2D eigenvalue weighted by Crippen LogP contribution is 2.24. The lowest BCUT2D eigenvalue weighted by molar-refractivity contribution is -0.126. The summed E-state index contributed by atoms with van der Waals surface area (Å²) in [5.74, 6) is -0.424. The first-order chi connectivity index (χ1) is 11.1. The van der Waals surface area contributed by atoms with E-state index in [0.29, 0.717) is 13.1 Å². The smallest absolute Gasteiger partial charge is 0.227 e.